The highest BCUT2D eigenvalue weighted by atomic mass is 16.5. The summed E-state index contributed by atoms with van der Waals surface area (Å²) < 4.78 is 5.18. The van der Waals surface area contributed by atoms with E-state index >= 15 is 0 Å². The number of rotatable bonds is 5. The fourth-order valence-electron chi connectivity index (χ4n) is 2.54. The lowest BCUT2D eigenvalue weighted by atomic mass is 9.99. The second-order valence-corrected chi connectivity index (χ2v) is 4.84. The third kappa shape index (κ3) is 3.26. The van der Waals surface area contributed by atoms with E-state index in [0.717, 1.165) is 26.2 Å². The Labute approximate surface area is 113 Å². The van der Waals surface area contributed by atoms with Gasteiger partial charge in [0.25, 0.3) is 5.56 Å². The third-order valence-electron chi connectivity index (χ3n) is 3.55. The zero-order valence-corrected chi connectivity index (χ0v) is 11.6. The Morgan fingerprint density at radius 1 is 1.58 bits per heavy atom. The Morgan fingerprint density at radius 3 is 3.05 bits per heavy atom. The quantitative estimate of drug-likeness (QED) is 0.817. The van der Waals surface area contributed by atoms with Crippen LogP contribution in [0.3, 0.4) is 0 Å². The van der Waals surface area contributed by atoms with Crippen molar-refractivity contribution < 1.29 is 4.74 Å². The molecule has 1 aliphatic heterocycles. The number of ether oxygens (including phenoxy) is 1. The zero-order chi connectivity index (χ0) is 13.7. The molecule has 1 aromatic heterocycles. The van der Waals surface area contributed by atoms with Crippen molar-refractivity contribution in [3.63, 3.8) is 0 Å². The van der Waals surface area contributed by atoms with Gasteiger partial charge in [0.1, 0.15) is 0 Å². The molecule has 2 N–H and O–H groups in total. The van der Waals surface area contributed by atoms with Gasteiger partial charge >= 0.3 is 0 Å². The van der Waals surface area contributed by atoms with Gasteiger partial charge in [0, 0.05) is 13.1 Å². The first-order chi connectivity index (χ1) is 9.26. The maximum atomic E-state index is 11.7. The molecule has 2 rings (SSSR count). The average molecular weight is 266 g/mol. The van der Waals surface area contributed by atoms with Crippen molar-refractivity contribution in [1.82, 2.24) is 15.3 Å². The molecule has 6 nitrogen and oxygen atoms in total. The number of piperidine rings is 1. The van der Waals surface area contributed by atoms with E-state index in [-0.39, 0.29) is 5.56 Å². The van der Waals surface area contributed by atoms with Crippen LogP contribution in [0.1, 0.15) is 19.8 Å². The van der Waals surface area contributed by atoms with Crippen LogP contribution in [0.25, 0.3) is 0 Å². The topological polar surface area (TPSA) is 70.2 Å². The zero-order valence-electron chi connectivity index (χ0n) is 11.6. The van der Waals surface area contributed by atoms with Gasteiger partial charge in [0.2, 0.25) is 5.75 Å². The molecule has 6 heteroatoms. The Morgan fingerprint density at radius 2 is 2.42 bits per heavy atom. The second kappa shape index (κ2) is 6.56. The summed E-state index contributed by atoms with van der Waals surface area (Å²) in [4.78, 5) is 20.7. The number of H-pyrrole nitrogens is 1. The van der Waals surface area contributed by atoms with Crippen LogP contribution in [0.2, 0.25) is 0 Å². The number of methoxy groups -OCH3 is 1. The van der Waals surface area contributed by atoms with Gasteiger partial charge in [-0.25, -0.2) is 4.98 Å². The highest BCUT2D eigenvalue weighted by Crippen LogP contribution is 2.22. The number of aromatic amines is 1. The minimum Gasteiger partial charge on any atom is -0.489 e. The summed E-state index contributed by atoms with van der Waals surface area (Å²) in [6.07, 6.45) is 3.86. The molecule has 2 heterocycles. The molecule has 0 radical (unpaired) electrons. The van der Waals surface area contributed by atoms with Crippen LogP contribution in [0.5, 0.6) is 5.75 Å². The molecule has 1 atom stereocenters. The van der Waals surface area contributed by atoms with Crippen LogP contribution in [0.15, 0.2) is 11.1 Å². The van der Waals surface area contributed by atoms with Gasteiger partial charge in [-0.3, -0.25) is 4.79 Å². The Bertz CT molecular complexity index is 454. The summed E-state index contributed by atoms with van der Waals surface area (Å²) in [6.45, 7) is 5.91. The number of nitrogens with zero attached hydrogens (tertiary/aromatic N) is 2. The maximum Gasteiger partial charge on any atom is 0.295 e. The van der Waals surface area contributed by atoms with Crippen LogP contribution < -0.4 is 20.5 Å². The average Bonchev–Trinajstić information content (AvgIpc) is 2.45. The minimum absolute atomic E-state index is 0.229. The Hall–Kier alpha value is -1.56. The van der Waals surface area contributed by atoms with Crippen LogP contribution in [0.4, 0.5) is 5.82 Å². The van der Waals surface area contributed by atoms with E-state index in [2.05, 4.69) is 27.1 Å². The molecule has 0 aliphatic carbocycles. The summed E-state index contributed by atoms with van der Waals surface area (Å²) >= 11 is 0. The van der Waals surface area contributed by atoms with Crippen molar-refractivity contribution in [2.24, 2.45) is 5.92 Å². The van der Waals surface area contributed by atoms with E-state index in [1.54, 1.807) is 0 Å². The summed E-state index contributed by atoms with van der Waals surface area (Å²) in [6, 6.07) is 0. The lowest BCUT2D eigenvalue weighted by Crippen LogP contribution is -2.39. The normalized spacial score (nSPS) is 19.2. The van der Waals surface area contributed by atoms with Gasteiger partial charge < -0.3 is 19.9 Å². The number of hydrogen-bond donors (Lipinski definition) is 2. The summed E-state index contributed by atoms with van der Waals surface area (Å²) in [7, 11) is 1.51. The van der Waals surface area contributed by atoms with Crippen molar-refractivity contribution >= 4 is 5.82 Å². The SMILES string of the molecule is CCN(CC1CCCNC1)c1nc[nH]c(=O)c1OC. The Balaban J connectivity index is 2.16. The first kappa shape index (κ1) is 13.9. The lowest BCUT2D eigenvalue weighted by molar-refractivity contribution is 0.372. The fourth-order valence-corrected chi connectivity index (χ4v) is 2.54. The second-order valence-electron chi connectivity index (χ2n) is 4.84. The minimum atomic E-state index is -0.229. The van der Waals surface area contributed by atoms with E-state index in [9.17, 15) is 4.79 Å². The van der Waals surface area contributed by atoms with E-state index in [1.165, 1.54) is 26.3 Å². The molecule has 0 aromatic carbocycles. The molecule has 0 spiro atoms. The molecule has 19 heavy (non-hydrogen) atoms. The number of hydrogen-bond acceptors (Lipinski definition) is 5. The van der Waals surface area contributed by atoms with Crippen LogP contribution in [-0.4, -0.2) is 43.3 Å². The summed E-state index contributed by atoms with van der Waals surface area (Å²) in [5.74, 6) is 1.53. The predicted octanol–water partition coefficient (Wildman–Crippen LogP) is 0.604. The van der Waals surface area contributed by atoms with E-state index in [0.29, 0.717) is 17.5 Å². The smallest absolute Gasteiger partial charge is 0.295 e. The molecule has 0 bridgehead atoms. The summed E-state index contributed by atoms with van der Waals surface area (Å²) in [5, 5.41) is 3.41. The fraction of sp³-hybridized carbons (Fsp3) is 0.692. The predicted molar refractivity (Wildman–Crippen MR) is 74.9 cm³/mol. The van der Waals surface area contributed by atoms with E-state index < -0.39 is 0 Å². The monoisotopic (exact) mass is 266 g/mol. The standard InChI is InChI=1S/C13H22N4O2/c1-3-17(8-10-5-4-6-14-7-10)12-11(19-2)13(18)16-9-15-12/h9-10,14H,3-8H2,1-2H3,(H,15,16,18). The number of aromatic nitrogens is 2. The van der Waals surface area contributed by atoms with E-state index in [1.807, 2.05) is 0 Å². The molecule has 0 saturated carbocycles. The van der Waals surface area contributed by atoms with Crippen molar-refractivity contribution in [3.8, 4) is 5.75 Å². The van der Waals surface area contributed by atoms with Gasteiger partial charge in [0.05, 0.1) is 13.4 Å². The lowest BCUT2D eigenvalue weighted by Gasteiger charge is -2.30. The van der Waals surface area contributed by atoms with Gasteiger partial charge in [-0.2, -0.15) is 0 Å². The van der Waals surface area contributed by atoms with Crippen LogP contribution >= 0.6 is 0 Å². The Kier molecular flexibility index (Phi) is 4.79. The molecule has 1 saturated heterocycles. The van der Waals surface area contributed by atoms with Crippen LogP contribution in [-0.2, 0) is 0 Å². The van der Waals surface area contributed by atoms with Crippen molar-refractivity contribution in [1.29, 1.82) is 0 Å². The largest absolute Gasteiger partial charge is 0.489 e. The molecule has 0 amide bonds. The van der Waals surface area contributed by atoms with Gasteiger partial charge in [-0.05, 0) is 38.8 Å². The highest BCUT2D eigenvalue weighted by Gasteiger charge is 2.20. The van der Waals surface area contributed by atoms with Crippen molar-refractivity contribution in [2.75, 3.05) is 38.2 Å². The molecule has 106 valence electrons. The van der Waals surface area contributed by atoms with E-state index in [4.69, 9.17) is 4.74 Å². The first-order valence-corrected chi connectivity index (χ1v) is 6.83. The molecular formula is C13H22N4O2. The highest BCUT2D eigenvalue weighted by molar-refractivity contribution is 5.50. The van der Waals surface area contributed by atoms with Gasteiger partial charge in [0.15, 0.2) is 5.82 Å². The van der Waals surface area contributed by atoms with Crippen molar-refractivity contribution in [3.05, 3.63) is 16.7 Å². The molecule has 1 unspecified atom stereocenters. The number of nitrogens with one attached hydrogen (secondary N) is 2. The molecule has 1 aromatic rings. The number of anilines is 1. The van der Waals surface area contributed by atoms with Gasteiger partial charge in [-0.1, -0.05) is 0 Å². The first-order valence-electron chi connectivity index (χ1n) is 6.83. The third-order valence-corrected chi connectivity index (χ3v) is 3.55. The van der Waals surface area contributed by atoms with Gasteiger partial charge in [-0.15, -0.1) is 0 Å². The summed E-state index contributed by atoms with van der Waals surface area (Å²) in [5.41, 5.74) is -0.229. The maximum absolute atomic E-state index is 11.7. The van der Waals surface area contributed by atoms with Crippen molar-refractivity contribution in [2.45, 2.75) is 19.8 Å². The molecular weight excluding hydrogens is 244 g/mol. The molecule has 1 aliphatic rings. The molecule has 1 fully saturated rings. The van der Waals surface area contributed by atoms with Crippen LogP contribution in [0, 0.1) is 5.92 Å².